The van der Waals surface area contributed by atoms with E-state index in [1.54, 1.807) is 12.1 Å². The van der Waals surface area contributed by atoms with Crippen molar-refractivity contribution in [3.8, 4) is 16.9 Å². The van der Waals surface area contributed by atoms with Gasteiger partial charge in [-0.3, -0.25) is 9.59 Å². The van der Waals surface area contributed by atoms with Crippen LogP contribution < -0.4 is 10.5 Å². The van der Waals surface area contributed by atoms with E-state index in [2.05, 4.69) is 0 Å². The van der Waals surface area contributed by atoms with Crippen LogP contribution in [0, 0.1) is 0 Å². The number of ketones is 1. The Labute approximate surface area is 202 Å². The number of hydrogen-bond donors (Lipinski definition) is 2. The minimum atomic E-state index is -1.14. The summed E-state index contributed by atoms with van der Waals surface area (Å²) in [7, 11) is 0. The molecule has 0 aliphatic rings. The number of aromatic nitrogens is 1. The van der Waals surface area contributed by atoms with Gasteiger partial charge in [-0.15, -0.1) is 0 Å². The number of hydrogen-bond acceptors (Lipinski definition) is 4. The van der Waals surface area contributed by atoms with Crippen LogP contribution in [0.2, 0.25) is 0 Å². The Balaban J connectivity index is 1.96. The quantitative estimate of drug-likeness (QED) is 0.263. The van der Waals surface area contributed by atoms with Gasteiger partial charge in [0.1, 0.15) is 5.75 Å². The zero-order valence-corrected chi connectivity index (χ0v) is 19.4. The topological polar surface area (TPSA) is 112 Å². The third-order valence-corrected chi connectivity index (χ3v) is 5.88. The first-order valence-electron chi connectivity index (χ1n) is 11.4. The van der Waals surface area contributed by atoms with E-state index >= 15 is 0 Å². The van der Waals surface area contributed by atoms with Crippen LogP contribution in [0.15, 0.2) is 72.8 Å². The smallest absolute Gasteiger partial charge is 0.341 e. The van der Waals surface area contributed by atoms with E-state index < -0.39 is 24.3 Å². The van der Waals surface area contributed by atoms with Gasteiger partial charge in [-0.05, 0) is 35.2 Å². The van der Waals surface area contributed by atoms with Gasteiger partial charge in [0.25, 0.3) is 11.7 Å². The number of nitrogens with two attached hydrogens (primary N) is 1. The number of Topliss-reactive ketones (excluding diaryl/α,β-unsaturated/α-hetero) is 1. The minimum Gasteiger partial charge on any atom is -0.481 e. The summed E-state index contributed by atoms with van der Waals surface area (Å²) in [5, 5.41) is 9.52. The van der Waals surface area contributed by atoms with Crippen LogP contribution in [0.4, 0.5) is 0 Å². The van der Waals surface area contributed by atoms with Gasteiger partial charge in [0.2, 0.25) is 0 Å². The molecule has 7 nitrogen and oxygen atoms in total. The molecule has 1 amide bonds. The van der Waals surface area contributed by atoms with Crippen LogP contribution in [0.1, 0.15) is 35.0 Å². The maximum Gasteiger partial charge on any atom is 0.341 e. The predicted molar refractivity (Wildman–Crippen MR) is 134 cm³/mol. The lowest BCUT2D eigenvalue weighted by atomic mass is 9.99. The largest absolute Gasteiger partial charge is 0.481 e. The first kappa shape index (κ1) is 23.8. The van der Waals surface area contributed by atoms with Crippen molar-refractivity contribution < 1.29 is 24.2 Å². The molecular formula is C28H26N2O5. The summed E-state index contributed by atoms with van der Waals surface area (Å²) in [6.07, 6.45) is 1.25. The maximum absolute atomic E-state index is 13.0. The molecule has 3 aromatic carbocycles. The summed E-state index contributed by atoms with van der Waals surface area (Å²) in [5.74, 6) is -2.81. The number of fused-ring (bicyclic) bond motifs is 1. The van der Waals surface area contributed by atoms with Crippen molar-refractivity contribution in [3.05, 3.63) is 89.6 Å². The van der Waals surface area contributed by atoms with Crippen molar-refractivity contribution in [3.63, 3.8) is 0 Å². The number of amides is 1. The zero-order valence-electron chi connectivity index (χ0n) is 19.4. The molecule has 1 heterocycles. The monoisotopic (exact) mass is 470 g/mol. The highest BCUT2D eigenvalue weighted by atomic mass is 16.5. The summed E-state index contributed by atoms with van der Waals surface area (Å²) in [6.45, 7) is 1.85. The summed E-state index contributed by atoms with van der Waals surface area (Å²) >= 11 is 0. The Bertz CT molecular complexity index is 1410. The number of benzene rings is 3. The second-order valence-electron chi connectivity index (χ2n) is 8.21. The zero-order chi connectivity index (χ0) is 24.9. The summed E-state index contributed by atoms with van der Waals surface area (Å²) in [6, 6.07) is 23.2. The van der Waals surface area contributed by atoms with Crippen LogP contribution in [-0.4, -0.2) is 33.9 Å². The number of nitrogens with zero attached hydrogens (tertiary/aromatic N) is 1. The van der Waals surface area contributed by atoms with Gasteiger partial charge in [-0.25, -0.2) is 4.79 Å². The standard InChI is InChI=1S/C28H26N2O5/c1-2-9-21-26(27(33)28(29)34)25-22(14-8-15-23(25)35-17-24(31)32)30(21)16-19-12-6-7-13-20(19)18-10-4-3-5-11-18/h3-8,10-15H,2,9,16-17H2,1H3,(H2,29,34)(H,31,32). The van der Waals surface area contributed by atoms with E-state index in [0.717, 1.165) is 23.1 Å². The van der Waals surface area contributed by atoms with Crippen molar-refractivity contribution in [2.75, 3.05) is 6.61 Å². The number of carboxylic acid groups (broad SMARTS) is 1. The van der Waals surface area contributed by atoms with Gasteiger partial charge in [0.15, 0.2) is 6.61 Å². The molecule has 0 spiro atoms. The Morgan fingerprint density at radius 3 is 2.34 bits per heavy atom. The van der Waals surface area contributed by atoms with Gasteiger partial charge in [-0.2, -0.15) is 0 Å². The predicted octanol–water partition coefficient (Wildman–Crippen LogP) is 4.44. The lowest BCUT2D eigenvalue weighted by Crippen LogP contribution is -2.24. The third-order valence-electron chi connectivity index (χ3n) is 5.88. The Kier molecular flexibility index (Phi) is 6.96. The molecule has 0 radical (unpaired) electrons. The molecule has 0 saturated heterocycles. The Morgan fingerprint density at radius 1 is 0.943 bits per heavy atom. The first-order chi connectivity index (χ1) is 16.9. The minimum absolute atomic E-state index is 0.174. The number of ether oxygens (including phenoxy) is 1. The molecule has 1 aromatic heterocycles. The molecule has 0 aliphatic heterocycles. The van der Waals surface area contributed by atoms with E-state index in [4.69, 9.17) is 15.6 Å². The van der Waals surface area contributed by atoms with Crippen LogP contribution in [0.3, 0.4) is 0 Å². The van der Waals surface area contributed by atoms with E-state index in [9.17, 15) is 14.4 Å². The molecule has 4 aromatic rings. The second-order valence-corrected chi connectivity index (χ2v) is 8.21. The molecule has 7 heteroatoms. The Morgan fingerprint density at radius 2 is 1.66 bits per heavy atom. The number of rotatable bonds is 10. The fourth-order valence-electron chi connectivity index (χ4n) is 4.45. The molecule has 0 saturated carbocycles. The second kappa shape index (κ2) is 10.3. The number of carbonyl (C=O) groups excluding carboxylic acids is 2. The number of carboxylic acids is 1. The Hall–Kier alpha value is -4.39. The van der Waals surface area contributed by atoms with Gasteiger partial charge in [-0.1, -0.05) is 74.0 Å². The third kappa shape index (κ3) is 4.80. The van der Waals surface area contributed by atoms with E-state index in [1.807, 2.05) is 72.2 Å². The number of primary amides is 1. The summed E-state index contributed by atoms with van der Waals surface area (Å²) < 4.78 is 7.53. The van der Waals surface area contributed by atoms with E-state index in [-0.39, 0.29) is 11.3 Å². The molecule has 0 atom stereocenters. The molecule has 0 aliphatic carbocycles. The van der Waals surface area contributed by atoms with E-state index in [0.29, 0.717) is 29.6 Å². The lowest BCUT2D eigenvalue weighted by molar-refractivity contribution is -0.139. The highest BCUT2D eigenvalue weighted by Gasteiger charge is 2.28. The van der Waals surface area contributed by atoms with E-state index in [1.165, 1.54) is 0 Å². The van der Waals surface area contributed by atoms with Crippen molar-refractivity contribution >= 4 is 28.6 Å². The highest BCUT2D eigenvalue weighted by Crippen LogP contribution is 2.36. The van der Waals surface area contributed by atoms with Gasteiger partial charge in [0, 0.05) is 12.2 Å². The van der Waals surface area contributed by atoms with Crippen LogP contribution in [0.25, 0.3) is 22.0 Å². The number of aliphatic carboxylic acids is 1. The van der Waals surface area contributed by atoms with Crippen molar-refractivity contribution in [2.24, 2.45) is 5.73 Å². The fourth-order valence-corrected chi connectivity index (χ4v) is 4.45. The normalized spacial score (nSPS) is 10.9. The van der Waals surface area contributed by atoms with Crippen LogP contribution in [0.5, 0.6) is 5.75 Å². The van der Waals surface area contributed by atoms with Crippen LogP contribution >= 0.6 is 0 Å². The lowest BCUT2D eigenvalue weighted by Gasteiger charge is -2.15. The van der Waals surface area contributed by atoms with Crippen molar-refractivity contribution in [2.45, 2.75) is 26.3 Å². The summed E-state index contributed by atoms with van der Waals surface area (Å²) in [5.41, 5.74) is 10.1. The molecule has 178 valence electrons. The molecular weight excluding hydrogens is 444 g/mol. The maximum atomic E-state index is 13.0. The molecule has 3 N–H and O–H groups in total. The molecule has 0 bridgehead atoms. The van der Waals surface area contributed by atoms with Gasteiger partial charge >= 0.3 is 5.97 Å². The van der Waals surface area contributed by atoms with Gasteiger partial charge in [0.05, 0.1) is 16.5 Å². The van der Waals surface area contributed by atoms with Crippen molar-refractivity contribution in [1.29, 1.82) is 0 Å². The first-order valence-corrected chi connectivity index (χ1v) is 11.4. The molecule has 0 fully saturated rings. The average molecular weight is 471 g/mol. The highest BCUT2D eigenvalue weighted by molar-refractivity contribution is 6.45. The molecule has 0 unspecified atom stereocenters. The molecule has 35 heavy (non-hydrogen) atoms. The van der Waals surface area contributed by atoms with Gasteiger partial charge < -0.3 is 20.1 Å². The average Bonchev–Trinajstić information content (AvgIpc) is 3.16. The van der Waals surface area contributed by atoms with Crippen LogP contribution in [-0.2, 0) is 22.6 Å². The SMILES string of the molecule is CCCc1c(C(=O)C(N)=O)c2c(OCC(=O)O)cccc2n1Cc1ccccc1-c1ccccc1. The number of carbonyl (C=O) groups is 3. The van der Waals surface area contributed by atoms with Crippen molar-refractivity contribution in [1.82, 2.24) is 4.57 Å². The molecule has 4 rings (SSSR count). The summed E-state index contributed by atoms with van der Waals surface area (Å²) in [4.78, 5) is 36.2. The fraction of sp³-hybridized carbons (Fsp3) is 0.179.